The topological polar surface area (TPSA) is 20.3 Å². The average Bonchev–Trinajstić information content (AvgIpc) is 2.88. The molecule has 2 rings (SSSR count). The Labute approximate surface area is 98.8 Å². The second-order valence-electron chi connectivity index (χ2n) is 3.80. The van der Waals surface area contributed by atoms with Crippen LogP contribution in [-0.2, 0) is 11.2 Å². The summed E-state index contributed by atoms with van der Waals surface area (Å²) in [7, 11) is 0. The third-order valence-electron chi connectivity index (χ3n) is 2.83. The van der Waals surface area contributed by atoms with Crippen molar-refractivity contribution in [3.05, 3.63) is 22.4 Å². The molecule has 1 saturated heterocycles. The summed E-state index contributed by atoms with van der Waals surface area (Å²) >= 11 is 7.35. The first kappa shape index (κ1) is 11.0. The fourth-order valence-electron chi connectivity index (χ4n) is 2.11. The fraction of sp³-hybridized carbons (Fsp3) is 0.545. The summed E-state index contributed by atoms with van der Waals surface area (Å²) in [5.41, 5.74) is 0. The van der Waals surface area contributed by atoms with E-state index < -0.39 is 0 Å². The number of carbonyl (C=O) groups is 1. The maximum atomic E-state index is 11.6. The van der Waals surface area contributed by atoms with Crippen molar-refractivity contribution < 1.29 is 4.79 Å². The van der Waals surface area contributed by atoms with Gasteiger partial charge in [0, 0.05) is 23.9 Å². The number of thiophene rings is 1. The molecular weight excluding hydrogens is 230 g/mol. The standard InChI is InChI=1S/C11H14ClNOS/c12-8-11(14)13-5-1-3-9(13)7-10-4-2-6-15-10/h2,4,6,9H,1,3,5,7-8H2/t9-/m0/s1. The molecule has 2 heterocycles. The van der Waals surface area contributed by atoms with Crippen molar-refractivity contribution >= 4 is 28.8 Å². The SMILES string of the molecule is O=C(CCl)N1CCC[C@H]1Cc1cccs1. The number of alkyl halides is 1. The van der Waals surface area contributed by atoms with Gasteiger partial charge in [-0.25, -0.2) is 0 Å². The van der Waals surface area contributed by atoms with E-state index in [0.29, 0.717) is 6.04 Å². The highest BCUT2D eigenvalue weighted by atomic mass is 35.5. The molecule has 1 amide bonds. The van der Waals surface area contributed by atoms with Crippen molar-refractivity contribution in [2.45, 2.75) is 25.3 Å². The van der Waals surface area contributed by atoms with Gasteiger partial charge in [-0.3, -0.25) is 4.79 Å². The Kier molecular flexibility index (Phi) is 3.65. The van der Waals surface area contributed by atoms with Crippen molar-refractivity contribution in [2.75, 3.05) is 12.4 Å². The minimum absolute atomic E-state index is 0.0794. The Bertz CT molecular complexity index is 325. The number of amides is 1. The fourth-order valence-corrected chi connectivity index (χ4v) is 3.05. The number of likely N-dealkylation sites (tertiary alicyclic amines) is 1. The minimum Gasteiger partial charge on any atom is -0.338 e. The molecule has 0 unspecified atom stereocenters. The van der Waals surface area contributed by atoms with Crippen LogP contribution in [0.15, 0.2) is 17.5 Å². The van der Waals surface area contributed by atoms with E-state index in [1.165, 1.54) is 4.88 Å². The van der Waals surface area contributed by atoms with Gasteiger partial charge in [-0.1, -0.05) is 6.07 Å². The summed E-state index contributed by atoms with van der Waals surface area (Å²) in [6.45, 7) is 0.877. The first-order valence-corrected chi connectivity index (χ1v) is 6.60. The summed E-state index contributed by atoms with van der Waals surface area (Å²) in [4.78, 5) is 14.8. The lowest BCUT2D eigenvalue weighted by atomic mass is 10.1. The van der Waals surface area contributed by atoms with Gasteiger partial charge >= 0.3 is 0 Å². The molecule has 1 atom stereocenters. The molecule has 1 aromatic heterocycles. The van der Waals surface area contributed by atoms with Crippen molar-refractivity contribution in [3.8, 4) is 0 Å². The number of hydrogen-bond acceptors (Lipinski definition) is 2. The molecular formula is C11H14ClNOS. The van der Waals surface area contributed by atoms with Gasteiger partial charge < -0.3 is 4.90 Å². The second-order valence-corrected chi connectivity index (χ2v) is 5.10. The van der Waals surface area contributed by atoms with Gasteiger partial charge in [0.05, 0.1) is 0 Å². The number of rotatable bonds is 3. The van der Waals surface area contributed by atoms with Crippen LogP contribution in [0.2, 0.25) is 0 Å². The first-order chi connectivity index (χ1) is 7.31. The lowest BCUT2D eigenvalue weighted by molar-refractivity contribution is -0.129. The van der Waals surface area contributed by atoms with Gasteiger partial charge in [0.1, 0.15) is 5.88 Å². The van der Waals surface area contributed by atoms with E-state index in [1.807, 2.05) is 4.90 Å². The van der Waals surface area contributed by atoms with Crippen LogP contribution in [-0.4, -0.2) is 29.3 Å². The normalized spacial score (nSPS) is 20.9. The smallest absolute Gasteiger partial charge is 0.237 e. The quantitative estimate of drug-likeness (QED) is 0.748. The molecule has 1 fully saturated rings. The van der Waals surface area contributed by atoms with E-state index in [-0.39, 0.29) is 11.8 Å². The lowest BCUT2D eigenvalue weighted by Gasteiger charge is -2.23. The van der Waals surface area contributed by atoms with Crippen molar-refractivity contribution in [1.82, 2.24) is 4.90 Å². The highest BCUT2D eigenvalue weighted by Gasteiger charge is 2.28. The van der Waals surface area contributed by atoms with Crippen LogP contribution in [0.4, 0.5) is 0 Å². The molecule has 82 valence electrons. The molecule has 0 N–H and O–H groups in total. The van der Waals surface area contributed by atoms with E-state index >= 15 is 0 Å². The zero-order valence-electron chi connectivity index (χ0n) is 8.49. The molecule has 1 aliphatic heterocycles. The summed E-state index contributed by atoms with van der Waals surface area (Å²) in [5, 5.41) is 2.08. The summed E-state index contributed by atoms with van der Waals surface area (Å²) in [6, 6.07) is 4.56. The molecule has 0 aromatic carbocycles. The van der Waals surface area contributed by atoms with Gasteiger partial charge in [0.2, 0.25) is 5.91 Å². The van der Waals surface area contributed by atoms with E-state index in [0.717, 1.165) is 25.8 Å². The van der Waals surface area contributed by atoms with Gasteiger partial charge in [-0.2, -0.15) is 0 Å². The molecule has 0 spiro atoms. The Morgan fingerprint density at radius 2 is 2.53 bits per heavy atom. The van der Waals surface area contributed by atoms with Crippen LogP contribution in [0.25, 0.3) is 0 Å². The number of hydrogen-bond donors (Lipinski definition) is 0. The predicted molar refractivity (Wildman–Crippen MR) is 63.5 cm³/mol. The highest BCUT2D eigenvalue weighted by Crippen LogP contribution is 2.23. The monoisotopic (exact) mass is 243 g/mol. The predicted octanol–water partition coefficient (Wildman–Crippen LogP) is 2.52. The van der Waals surface area contributed by atoms with E-state index in [9.17, 15) is 4.79 Å². The third-order valence-corrected chi connectivity index (χ3v) is 3.96. The molecule has 15 heavy (non-hydrogen) atoms. The van der Waals surface area contributed by atoms with Gasteiger partial charge in [-0.05, 0) is 24.3 Å². The molecule has 1 aliphatic rings. The lowest BCUT2D eigenvalue weighted by Crippen LogP contribution is -2.37. The Morgan fingerprint density at radius 1 is 1.67 bits per heavy atom. The maximum Gasteiger partial charge on any atom is 0.237 e. The zero-order valence-corrected chi connectivity index (χ0v) is 10.1. The van der Waals surface area contributed by atoms with Gasteiger partial charge in [0.25, 0.3) is 0 Å². The molecule has 0 aliphatic carbocycles. The van der Waals surface area contributed by atoms with Crippen molar-refractivity contribution in [2.24, 2.45) is 0 Å². The van der Waals surface area contributed by atoms with Crippen LogP contribution in [0.3, 0.4) is 0 Å². The molecule has 4 heteroatoms. The summed E-state index contributed by atoms with van der Waals surface area (Å²) in [5.74, 6) is 0.191. The van der Waals surface area contributed by atoms with Crippen molar-refractivity contribution in [1.29, 1.82) is 0 Å². The van der Waals surface area contributed by atoms with E-state index in [4.69, 9.17) is 11.6 Å². The minimum atomic E-state index is 0.0794. The maximum absolute atomic E-state index is 11.6. The summed E-state index contributed by atoms with van der Waals surface area (Å²) < 4.78 is 0. The van der Waals surface area contributed by atoms with Crippen LogP contribution in [0.1, 0.15) is 17.7 Å². The molecule has 0 radical (unpaired) electrons. The molecule has 2 nitrogen and oxygen atoms in total. The largest absolute Gasteiger partial charge is 0.338 e. The number of carbonyl (C=O) groups excluding carboxylic acids is 1. The average molecular weight is 244 g/mol. The first-order valence-electron chi connectivity index (χ1n) is 5.19. The molecule has 0 saturated carbocycles. The highest BCUT2D eigenvalue weighted by molar-refractivity contribution is 7.09. The second kappa shape index (κ2) is 4.99. The molecule has 0 bridgehead atoms. The Balaban J connectivity index is 1.99. The van der Waals surface area contributed by atoms with Gasteiger partial charge in [0.15, 0.2) is 0 Å². The zero-order chi connectivity index (χ0) is 10.7. The van der Waals surface area contributed by atoms with Crippen LogP contribution >= 0.6 is 22.9 Å². The van der Waals surface area contributed by atoms with Crippen LogP contribution in [0.5, 0.6) is 0 Å². The number of halogens is 1. The summed E-state index contributed by atoms with van der Waals surface area (Å²) in [6.07, 6.45) is 3.21. The number of nitrogens with zero attached hydrogens (tertiary/aromatic N) is 1. The molecule has 1 aromatic rings. The van der Waals surface area contributed by atoms with Crippen LogP contribution < -0.4 is 0 Å². The van der Waals surface area contributed by atoms with Gasteiger partial charge in [-0.15, -0.1) is 22.9 Å². The Hall–Kier alpha value is -0.540. The van der Waals surface area contributed by atoms with Crippen LogP contribution in [0, 0.1) is 0 Å². The Morgan fingerprint density at radius 3 is 3.20 bits per heavy atom. The van der Waals surface area contributed by atoms with E-state index in [1.54, 1.807) is 11.3 Å². The van der Waals surface area contributed by atoms with E-state index in [2.05, 4.69) is 17.5 Å². The third kappa shape index (κ3) is 2.52. The van der Waals surface area contributed by atoms with Crippen molar-refractivity contribution in [3.63, 3.8) is 0 Å².